The molecule has 1 aromatic heterocycles. The Morgan fingerprint density at radius 1 is 1.57 bits per heavy atom. The summed E-state index contributed by atoms with van der Waals surface area (Å²) < 4.78 is 0. The number of hydrogen-bond acceptors (Lipinski definition) is 6. The van der Waals surface area contributed by atoms with Gasteiger partial charge >= 0.3 is 0 Å². The second-order valence-electron chi connectivity index (χ2n) is 4.20. The van der Waals surface area contributed by atoms with Crippen molar-refractivity contribution in [2.45, 2.75) is 13.0 Å². The highest BCUT2D eigenvalue weighted by atomic mass is 16.3. The lowest BCUT2D eigenvalue weighted by Crippen LogP contribution is -2.34. The molecule has 3 N–H and O–H groups in total. The number of aliphatic hydroxyl groups is 1. The van der Waals surface area contributed by atoms with Gasteiger partial charge in [0.2, 0.25) is 5.91 Å². The lowest BCUT2D eigenvalue weighted by molar-refractivity contribution is -0.120. The molecule has 7 nitrogen and oxygen atoms in total. The van der Waals surface area contributed by atoms with Crippen molar-refractivity contribution in [1.29, 1.82) is 5.26 Å². The second kappa shape index (κ2) is 10.5. The van der Waals surface area contributed by atoms with E-state index >= 15 is 0 Å². The van der Waals surface area contributed by atoms with E-state index in [2.05, 4.69) is 20.6 Å². The van der Waals surface area contributed by atoms with Gasteiger partial charge in [-0.1, -0.05) is 0 Å². The van der Waals surface area contributed by atoms with Gasteiger partial charge in [-0.15, -0.1) is 0 Å². The molecule has 1 aromatic rings. The van der Waals surface area contributed by atoms with Gasteiger partial charge in [0.1, 0.15) is 0 Å². The van der Waals surface area contributed by atoms with Crippen LogP contribution in [-0.2, 0) is 11.3 Å². The number of rotatable bonds is 9. The summed E-state index contributed by atoms with van der Waals surface area (Å²) in [7, 11) is 0. The Hall–Kier alpha value is -2.30. The molecule has 0 saturated carbocycles. The van der Waals surface area contributed by atoms with Gasteiger partial charge in [0, 0.05) is 25.5 Å². The molecule has 1 amide bonds. The van der Waals surface area contributed by atoms with Gasteiger partial charge in [0.05, 0.1) is 37.9 Å². The van der Waals surface area contributed by atoms with Crippen molar-refractivity contribution in [3.63, 3.8) is 0 Å². The van der Waals surface area contributed by atoms with E-state index in [0.717, 1.165) is 11.3 Å². The van der Waals surface area contributed by atoms with E-state index in [-0.39, 0.29) is 19.1 Å². The van der Waals surface area contributed by atoms with Crippen LogP contribution in [0.3, 0.4) is 0 Å². The van der Waals surface area contributed by atoms with Gasteiger partial charge in [0.15, 0.2) is 0 Å². The molecular weight excluding hydrogens is 270 g/mol. The summed E-state index contributed by atoms with van der Waals surface area (Å²) in [5.74, 6) is -0.147. The second-order valence-corrected chi connectivity index (χ2v) is 4.20. The van der Waals surface area contributed by atoms with Crippen LogP contribution in [0.1, 0.15) is 17.7 Å². The molecule has 0 atom stereocenters. The first-order valence-corrected chi connectivity index (χ1v) is 6.66. The third-order valence-corrected chi connectivity index (χ3v) is 2.46. The molecule has 0 fully saturated rings. The van der Waals surface area contributed by atoms with E-state index in [1.54, 1.807) is 12.4 Å². The minimum Gasteiger partial charge on any atom is -0.394 e. The van der Waals surface area contributed by atoms with Gasteiger partial charge in [-0.3, -0.25) is 14.8 Å². The Kier molecular flexibility index (Phi) is 8.36. The van der Waals surface area contributed by atoms with Crippen molar-refractivity contribution in [3.8, 4) is 6.07 Å². The zero-order valence-corrected chi connectivity index (χ0v) is 11.7. The monoisotopic (exact) mass is 289 g/mol. The van der Waals surface area contributed by atoms with Crippen LogP contribution in [0.25, 0.3) is 0 Å². The molecule has 0 aliphatic heterocycles. The van der Waals surface area contributed by atoms with Crippen LogP contribution in [-0.4, -0.2) is 48.5 Å². The summed E-state index contributed by atoms with van der Waals surface area (Å²) in [6.07, 6.45) is 3.66. The molecule has 112 valence electrons. The molecule has 0 unspecified atom stereocenters. The number of nitrogens with one attached hydrogen (secondary N) is 2. The number of aliphatic hydroxyl groups excluding tert-OH is 1. The molecule has 21 heavy (non-hydrogen) atoms. The number of nitriles is 1. The molecule has 1 heterocycles. The maximum Gasteiger partial charge on any atom is 0.234 e. The fraction of sp³-hybridized carbons (Fsp3) is 0.429. The molecule has 0 aromatic carbocycles. The summed E-state index contributed by atoms with van der Waals surface area (Å²) in [6, 6.07) is 5.64. The van der Waals surface area contributed by atoms with Crippen LogP contribution >= 0.6 is 0 Å². The third kappa shape index (κ3) is 7.77. The van der Waals surface area contributed by atoms with Crippen molar-refractivity contribution in [2.24, 2.45) is 4.99 Å². The number of nitrogens with zero attached hydrogens (tertiary/aromatic N) is 3. The highest BCUT2D eigenvalue weighted by Crippen LogP contribution is 1.99. The number of pyridine rings is 1. The smallest absolute Gasteiger partial charge is 0.234 e. The molecule has 7 heteroatoms. The summed E-state index contributed by atoms with van der Waals surface area (Å²) in [4.78, 5) is 19.6. The van der Waals surface area contributed by atoms with Gasteiger partial charge in [0.25, 0.3) is 0 Å². The van der Waals surface area contributed by atoms with Gasteiger partial charge < -0.3 is 15.7 Å². The number of hydrogen-bond donors (Lipinski definition) is 3. The third-order valence-electron chi connectivity index (χ3n) is 2.46. The molecule has 0 bridgehead atoms. The predicted molar refractivity (Wildman–Crippen MR) is 78.7 cm³/mol. The Bertz CT molecular complexity index is 510. The Labute approximate surface area is 123 Å². The van der Waals surface area contributed by atoms with Crippen molar-refractivity contribution in [3.05, 3.63) is 29.6 Å². The number of aromatic nitrogens is 1. The average Bonchev–Trinajstić information content (AvgIpc) is 2.48. The lowest BCUT2D eigenvalue weighted by Gasteiger charge is -2.05. The first-order valence-electron chi connectivity index (χ1n) is 6.66. The fourth-order valence-electron chi connectivity index (χ4n) is 1.53. The number of carbonyl (C=O) groups is 1. The maximum atomic E-state index is 11.4. The highest BCUT2D eigenvalue weighted by Gasteiger charge is 2.01. The zero-order chi connectivity index (χ0) is 15.3. The average molecular weight is 289 g/mol. The van der Waals surface area contributed by atoms with Crippen molar-refractivity contribution < 1.29 is 9.90 Å². The van der Waals surface area contributed by atoms with E-state index < -0.39 is 0 Å². The van der Waals surface area contributed by atoms with Gasteiger partial charge in [-0.25, -0.2) is 0 Å². The molecule has 1 rings (SSSR count). The summed E-state index contributed by atoms with van der Waals surface area (Å²) in [6.45, 7) is 1.41. The van der Waals surface area contributed by atoms with Gasteiger partial charge in [-0.2, -0.15) is 5.26 Å². The Balaban J connectivity index is 2.33. The Morgan fingerprint density at radius 2 is 2.43 bits per heavy atom. The molecule has 0 spiro atoms. The van der Waals surface area contributed by atoms with Crippen LogP contribution in [0.4, 0.5) is 0 Å². The standard InChI is InChI=1S/C14H19N5O2/c15-3-1-4-19-14(21)11-17-10-13-8-12(2-5-18-13)9-16-6-7-20/h2,5,8-9,17,20H,1,4,6-7,10-11H2,(H,19,21). The molecule has 0 aliphatic carbocycles. The fourth-order valence-corrected chi connectivity index (χ4v) is 1.53. The summed E-state index contributed by atoms with van der Waals surface area (Å²) in [5.41, 5.74) is 1.70. The minimum absolute atomic E-state index is 0.0247. The largest absolute Gasteiger partial charge is 0.394 e. The van der Waals surface area contributed by atoms with E-state index in [4.69, 9.17) is 10.4 Å². The van der Waals surface area contributed by atoms with Crippen LogP contribution in [0.15, 0.2) is 23.3 Å². The first-order chi connectivity index (χ1) is 10.3. The Morgan fingerprint density at radius 3 is 3.19 bits per heavy atom. The van der Waals surface area contributed by atoms with Gasteiger partial charge in [-0.05, 0) is 17.7 Å². The maximum absolute atomic E-state index is 11.4. The van der Waals surface area contributed by atoms with Crippen LogP contribution in [0.2, 0.25) is 0 Å². The number of aliphatic imine (C=N–C) groups is 1. The molecular formula is C14H19N5O2. The normalized spacial score (nSPS) is 10.5. The molecule has 0 aliphatic rings. The van der Waals surface area contributed by atoms with E-state index in [1.807, 2.05) is 18.2 Å². The van der Waals surface area contributed by atoms with E-state index in [0.29, 0.717) is 26.1 Å². The first kappa shape index (κ1) is 16.8. The van der Waals surface area contributed by atoms with E-state index in [1.165, 1.54) is 0 Å². The van der Waals surface area contributed by atoms with Crippen molar-refractivity contribution in [2.75, 3.05) is 26.2 Å². The van der Waals surface area contributed by atoms with E-state index in [9.17, 15) is 4.79 Å². The summed E-state index contributed by atoms with van der Waals surface area (Å²) in [5, 5.41) is 22.6. The van der Waals surface area contributed by atoms with Crippen molar-refractivity contribution >= 4 is 12.1 Å². The SMILES string of the molecule is N#CCCNC(=O)CNCc1cc(C=NCCO)ccn1. The lowest BCUT2D eigenvalue weighted by atomic mass is 10.2. The van der Waals surface area contributed by atoms with Crippen LogP contribution < -0.4 is 10.6 Å². The topological polar surface area (TPSA) is 110 Å². The predicted octanol–water partition coefficient (Wildman–Crippen LogP) is -0.388. The van der Waals surface area contributed by atoms with Crippen LogP contribution in [0, 0.1) is 11.3 Å². The highest BCUT2D eigenvalue weighted by molar-refractivity contribution is 5.79. The molecule has 0 saturated heterocycles. The number of carbonyl (C=O) groups excluding carboxylic acids is 1. The minimum atomic E-state index is -0.147. The number of amides is 1. The summed E-state index contributed by atoms with van der Waals surface area (Å²) >= 11 is 0. The van der Waals surface area contributed by atoms with Crippen molar-refractivity contribution in [1.82, 2.24) is 15.6 Å². The van der Waals surface area contributed by atoms with Crippen LogP contribution in [0.5, 0.6) is 0 Å². The zero-order valence-electron chi connectivity index (χ0n) is 11.7. The molecule has 0 radical (unpaired) electrons. The quantitative estimate of drug-likeness (QED) is 0.424.